The number of nitrogen functional groups attached to an aromatic ring is 1. The molecule has 0 amide bonds. The van der Waals surface area contributed by atoms with Gasteiger partial charge in [0.2, 0.25) is 10.0 Å². The Hall–Kier alpha value is -1.57. The van der Waals surface area contributed by atoms with Crippen molar-refractivity contribution >= 4 is 26.6 Å². The summed E-state index contributed by atoms with van der Waals surface area (Å²) in [6.07, 6.45) is 2.96. The Kier molecular flexibility index (Phi) is 3.19. The molecule has 1 aliphatic rings. The van der Waals surface area contributed by atoms with Crippen LogP contribution in [0.15, 0.2) is 29.3 Å². The maximum atomic E-state index is 12.7. The molecule has 1 atom stereocenters. The van der Waals surface area contributed by atoms with Crippen molar-refractivity contribution in [1.29, 1.82) is 0 Å². The van der Waals surface area contributed by atoms with E-state index in [2.05, 4.69) is 4.98 Å². The van der Waals surface area contributed by atoms with Crippen molar-refractivity contribution in [3.8, 4) is 0 Å². The van der Waals surface area contributed by atoms with Crippen LogP contribution >= 0.6 is 0 Å². The van der Waals surface area contributed by atoms with Gasteiger partial charge in [-0.1, -0.05) is 0 Å². The molecule has 0 aliphatic carbocycles. The molecule has 0 saturated carbocycles. The minimum Gasteiger partial charge on any atom is -0.399 e. The predicted octanol–water partition coefficient (Wildman–Crippen LogP) is 0.895. The maximum Gasteiger partial charge on any atom is 0.245 e. The van der Waals surface area contributed by atoms with E-state index >= 15 is 0 Å². The van der Waals surface area contributed by atoms with Crippen LogP contribution < -0.4 is 5.73 Å². The Balaban J connectivity index is 2.12. The number of hydrogen-bond donors (Lipinski definition) is 3. The Morgan fingerprint density at radius 1 is 1.45 bits per heavy atom. The van der Waals surface area contributed by atoms with E-state index in [1.807, 2.05) is 0 Å². The molecular formula is C13H17N3O3S. The summed E-state index contributed by atoms with van der Waals surface area (Å²) in [4.78, 5) is 3.18. The fourth-order valence-corrected chi connectivity index (χ4v) is 4.60. The SMILES string of the molecule is Nc1ccc2[nH]cc(S(=O)(=O)N3CCC[C@@H]3CO)c2c1. The first-order valence-corrected chi connectivity index (χ1v) is 7.97. The predicted molar refractivity (Wildman–Crippen MR) is 76.7 cm³/mol. The topological polar surface area (TPSA) is 99.4 Å². The van der Waals surface area contributed by atoms with Crippen LogP contribution in [-0.4, -0.2) is 42.0 Å². The second-order valence-electron chi connectivity index (χ2n) is 5.05. The van der Waals surface area contributed by atoms with Gasteiger partial charge < -0.3 is 15.8 Å². The van der Waals surface area contributed by atoms with Crippen LogP contribution in [0.25, 0.3) is 10.9 Å². The smallest absolute Gasteiger partial charge is 0.245 e. The van der Waals surface area contributed by atoms with Gasteiger partial charge in [0, 0.05) is 35.4 Å². The number of aliphatic hydroxyl groups is 1. The van der Waals surface area contributed by atoms with Gasteiger partial charge in [0.15, 0.2) is 0 Å². The third-order valence-corrected chi connectivity index (χ3v) is 5.78. The van der Waals surface area contributed by atoms with E-state index in [9.17, 15) is 13.5 Å². The summed E-state index contributed by atoms with van der Waals surface area (Å²) in [6.45, 7) is 0.298. The Labute approximate surface area is 117 Å². The van der Waals surface area contributed by atoms with E-state index in [-0.39, 0.29) is 17.5 Å². The van der Waals surface area contributed by atoms with Crippen LogP contribution in [0.2, 0.25) is 0 Å². The summed E-state index contributed by atoms with van der Waals surface area (Å²) in [5.41, 5.74) is 7.00. The van der Waals surface area contributed by atoms with Crippen LogP contribution in [0.1, 0.15) is 12.8 Å². The van der Waals surface area contributed by atoms with Crippen LogP contribution in [0.3, 0.4) is 0 Å². The summed E-state index contributed by atoms with van der Waals surface area (Å²) < 4.78 is 26.9. The lowest BCUT2D eigenvalue weighted by atomic mass is 10.2. The Morgan fingerprint density at radius 3 is 3.00 bits per heavy atom. The summed E-state index contributed by atoms with van der Waals surface area (Å²) in [5.74, 6) is 0. The number of nitrogens with two attached hydrogens (primary N) is 1. The number of aliphatic hydroxyl groups excluding tert-OH is 1. The van der Waals surface area contributed by atoms with Gasteiger partial charge in [-0.2, -0.15) is 4.31 Å². The number of aromatic amines is 1. The number of nitrogens with one attached hydrogen (secondary N) is 1. The number of nitrogens with zero attached hydrogens (tertiary/aromatic N) is 1. The molecule has 1 aromatic carbocycles. The fraction of sp³-hybridized carbons (Fsp3) is 0.385. The van der Waals surface area contributed by atoms with Crippen molar-refractivity contribution in [3.05, 3.63) is 24.4 Å². The molecule has 2 aromatic rings. The third-order valence-electron chi connectivity index (χ3n) is 3.79. The molecule has 108 valence electrons. The van der Waals surface area contributed by atoms with E-state index in [0.29, 0.717) is 24.0 Å². The van der Waals surface area contributed by atoms with Crippen LogP contribution in [-0.2, 0) is 10.0 Å². The summed E-state index contributed by atoms with van der Waals surface area (Å²) in [7, 11) is -3.61. The van der Waals surface area contributed by atoms with E-state index < -0.39 is 10.0 Å². The van der Waals surface area contributed by atoms with Gasteiger partial charge in [-0.3, -0.25) is 0 Å². The highest BCUT2D eigenvalue weighted by Gasteiger charge is 2.36. The number of aromatic nitrogens is 1. The van der Waals surface area contributed by atoms with Crippen LogP contribution in [0.4, 0.5) is 5.69 Å². The average Bonchev–Trinajstić information content (AvgIpc) is 3.04. The van der Waals surface area contributed by atoms with Crippen molar-refractivity contribution in [1.82, 2.24) is 9.29 Å². The normalized spacial score (nSPS) is 20.8. The van der Waals surface area contributed by atoms with E-state index in [1.54, 1.807) is 18.2 Å². The van der Waals surface area contributed by atoms with Crippen LogP contribution in [0, 0.1) is 0 Å². The first-order valence-electron chi connectivity index (χ1n) is 6.53. The number of H-pyrrole nitrogens is 1. The first kappa shape index (κ1) is 13.4. The summed E-state index contributed by atoms with van der Waals surface area (Å²) >= 11 is 0. The second-order valence-corrected chi connectivity index (χ2v) is 6.91. The molecule has 2 heterocycles. The first-order chi connectivity index (χ1) is 9.54. The van der Waals surface area contributed by atoms with Crippen molar-refractivity contribution in [2.75, 3.05) is 18.9 Å². The number of anilines is 1. The number of rotatable bonds is 3. The minimum absolute atomic E-state index is 0.149. The molecule has 0 radical (unpaired) electrons. The van der Waals surface area contributed by atoms with Crippen LogP contribution in [0.5, 0.6) is 0 Å². The third kappa shape index (κ3) is 1.98. The maximum absolute atomic E-state index is 12.7. The minimum atomic E-state index is -3.61. The summed E-state index contributed by atoms with van der Waals surface area (Å²) in [5, 5.41) is 9.91. The van der Waals surface area contributed by atoms with Gasteiger partial charge in [-0.15, -0.1) is 0 Å². The lowest BCUT2D eigenvalue weighted by Crippen LogP contribution is -2.37. The molecule has 3 rings (SSSR count). The lowest BCUT2D eigenvalue weighted by Gasteiger charge is -2.21. The molecule has 4 N–H and O–H groups in total. The molecule has 7 heteroatoms. The molecule has 0 bridgehead atoms. The van der Waals surface area contributed by atoms with Gasteiger partial charge in [-0.05, 0) is 31.0 Å². The quantitative estimate of drug-likeness (QED) is 0.732. The van der Waals surface area contributed by atoms with Gasteiger partial charge >= 0.3 is 0 Å². The number of hydrogen-bond acceptors (Lipinski definition) is 4. The highest BCUT2D eigenvalue weighted by molar-refractivity contribution is 7.89. The standard InChI is InChI=1S/C13H17N3O3S/c14-9-3-4-12-11(6-9)13(7-15-12)20(18,19)16-5-1-2-10(16)8-17/h3-4,6-7,10,15,17H,1-2,5,8,14H2/t10-/m1/s1. The average molecular weight is 295 g/mol. The zero-order valence-electron chi connectivity index (χ0n) is 10.9. The van der Waals surface area contributed by atoms with Crippen molar-refractivity contribution < 1.29 is 13.5 Å². The second kappa shape index (κ2) is 4.76. The fourth-order valence-electron chi connectivity index (χ4n) is 2.76. The van der Waals surface area contributed by atoms with Crippen molar-refractivity contribution in [2.24, 2.45) is 0 Å². The number of sulfonamides is 1. The van der Waals surface area contributed by atoms with E-state index in [1.165, 1.54) is 10.5 Å². The lowest BCUT2D eigenvalue weighted by molar-refractivity contribution is 0.213. The van der Waals surface area contributed by atoms with E-state index in [0.717, 1.165) is 11.9 Å². The molecule has 1 aliphatic heterocycles. The Bertz CT molecular complexity index is 738. The summed E-state index contributed by atoms with van der Waals surface area (Å²) in [6, 6.07) is 4.81. The monoisotopic (exact) mass is 295 g/mol. The van der Waals surface area contributed by atoms with Gasteiger partial charge in [-0.25, -0.2) is 8.42 Å². The zero-order valence-corrected chi connectivity index (χ0v) is 11.7. The Morgan fingerprint density at radius 2 is 2.25 bits per heavy atom. The van der Waals surface area contributed by atoms with Gasteiger partial charge in [0.25, 0.3) is 0 Å². The molecule has 6 nitrogen and oxygen atoms in total. The highest BCUT2D eigenvalue weighted by atomic mass is 32.2. The van der Waals surface area contributed by atoms with Gasteiger partial charge in [0.05, 0.1) is 6.61 Å². The molecule has 20 heavy (non-hydrogen) atoms. The zero-order chi connectivity index (χ0) is 14.3. The molecular weight excluding hydrogens is 278 g/mol. The van der Waals surface area contributed by atoms with Crippen molar-refractivity contribution in [2.45, 2.75) is 23.8 Å². The van der Waals surface area contributed by atoms with E-state index in [4.69, 9.17) is 5.73 Å². The van der Waals surface area contributed by atoms with Gasteiger partial charge in [0.1, 0.15) is 4.90 Å². The molecule has 0 unspecified atom stereocenters. The molecule has 1 fully saturated rings. The molecule has 1 aromatic heterocycles. The number of fused-ring (bicyclic) bond motifs is 1. The van der Waals surface area contributed by atoms with Crippen molar-refractivity contribution in [3.63, 3.8) is 0 Å². The number of benzene rings is 1. The molecule has 0 spiro atoms. The largest absolute Gasteiger partial charge is 0.399 e. The molecule has 1 saturated heterocycles. The highest BCUT2D eigenvalue weighted by Crippen LogP contribution is 2.31.